The van der Waals surface area contributed by atoms with E-state index in [0.717, 1.165) is 36.9 Å². The van der Waals surface area contributed by atoms with E-state index in [1.165, 1.54) is 16.3 Å². The number of amides is 1. The van der Waals surface area contributed by atoms with Gasteiger partial charge in [0.1, 0.15) is 4.75 Å². The number of benzene rings is 1. The Morgan fingerprint density at radius 3 is 2.69 bits per heavy atom. The van der Waals surface area contributed by atoms with Crippen LogP contribution in [0.1, 0.15) is 25.7 Å². The number of hydrogen-bond donors (Lipinski definition) is 1. The SMILES string of the molecule is O=Cn1c(SC2(C(=O)NC3=CC=CCC3)CC2)nnc1-c1ccccc1. The van der Waals surface area contributed by atoms with Crippen LogP contribution in [0.2, 0.25) is 0 Å². The summed E-state index contributed by atoms with van der Waals surface area (Å²) >= 11 is 1.32. The van der Waals surface area contributed by atoms with Crippen LogP contribution in [-0.2, 0) is 9.59 Å². The maximum Gasteiger partial charge on any atom is 0.240 e. The molecule has 1 aromatic carbocycles. The fraction of sp³-hybridized carbons (Fsp3) is 0.263. The molecule has 0 unspecified atom stereocenters. The van der Waals surface area contributed by atoms with Gasteiger partial charge in [-0.05, 0) is 31.8 Å². The second-order valence-electron chi connectivity index (χ2n) is 6.36. The molecule has 1 heterocycles. The number of nitrogens with one attached hydrogen (secondary N) is 1. The van der Waals surface area contributed by atoms with Crippen LogP contribution in [0.3, 0.4) is 0 Å². The number of aromatic nitrogens is 3. The van der Waals surface area contributed by atoms with Crippen molar-refractivity contribution in [3.05, 3.63) is 54.3 Å². The first kappa shape index (κ1) is 16.8. The molecule has 2 aliphatic carbocycles. The largest absolute Gasteiger partial charge is 0.329 e. The van der Waals surface area contributed by atoms with Crippen molar-refractivity contribution in [1.82, 2.24) is 20.1 Å². The lowest BCUT2D eigenvalue weighted by molar-refractivity contribution is -0.120. The monoisotopic (exact) mass is 366 g/mol. The molecule has 0 saturated heterocycles. The third kappa shape index (κ3) is 3.22. The predicted molar refractivity (Wildman–Crippen MR) is 100 cm³/mol. The summed E-state index contributed by atoms with van der Waals surface area (Å²) in [5, 5.41) is 11.8. The summed E-state index contributed by atoms with van der Waals surface area (Å²) in [4.78, 5) is 24.4. The first-order chi connectivity index (χ1) is 12.7. The van der Waals surface area contributed by atoms with E-state index < -0.39 is 4.75 Å². The molecule has 7 heteroatoms. The molecular formula is C19H18N4O2S. The van der Waals surface area contributed by atoms with Crippen LogP contribution in [0.15, 0.2) is 59.4 Å². The third-order valence-electron chi connectivity index (χ3n) is 4.49. The number of rotatable bonds is 6. The number of thioether (sulfide) groups is 1. The highest BCUT2D eigenvalue weighted by Gasteiger charge is 2.52. The number of nitrogens with zero attached hydrogens (tertiary/aromatic N) is 3. The van der Waals surface area contributed by atoms with Gasteiger partial charge in [-0.2, -0.15) is 0 Å². The molecular weight excluding hydrogens is 348 g/mol. The standard InChI is InChI=1S/C19H18N4O2S/c24-13-23-16(14-7-3-1-4-8-14)21-22-18(23)26-19(11-12-19)17(25)20-15-9-5-2-6-10-15/h1-5,7-9,13H,6,10-12H2,(H,20,25). The van der Waals surface area contributed by atoms with Crippen molar-refractivity contribution >= 4 is 24.1 Å². The van der Waals surface area contributed by atoms with Gasteiger partial charge in [0.2, 0.25) is 12.3 Å². The lowest BCUT2D eigenvalue weighted by Gasteiger charge is -2.17. The summed E-state index contributed by atoms with van der Waals surface area (Å²) in [5.41, 5.74) is 1.75. The van der Waals surface area contributed by atoms with Crippen molar-refractivity contribution in [2.24, 2.45) is 0 Å². The van der Waals surface area contributed by atoms with E-state index in [4.69, 9.17) is 0 Å². The molecule has 1 fully saturated rings. The molecule has 0 radical (unpaired) electrons. The van der Waals surface area contributed by atoms with Gasteiger partial charge in [-0.15, -0.1) is 10.2 Å². The Balaban J connectivity index is 1.54. The van der Waals surface area contributed by atoms with Crippen molar-refractivity contribution in [2.75, 3.05) is 0 Å². The zero-order valence-corrected chi connectivity index (χ0v) is 14.9. The van der Waals surface area contributed by atoms with Gasteiger partial charge < -0.3 is 5.32 Å². The van der Waals surface area contributed by atoms with Crippen LogP contribution in [0.25, 0.3) is 11.4 Å². The molecule has 0 atom stereocenters. The Morgan fingerprint density at radius 2 is 2.04 bits per heavy atom. The van der Waals surface area contributed by atoms with Gasteiger partial charge in [0.25, 0.3) is 0 Å². The Kier molecular flexibility index (Phi) is 4.46. The third-order valence-corrected chi connectivity index (χ3v) is 5.94. The quantitative estimate of drug-likeness (QED) is 0.796. The molecule has 1 aromatic heterocycles. The predicted octanol–water partition coefficient (Wildman–Crippen LogP) is 2.96. The van der Waals surface area contributed by atoms with Crippen LogP contribution >= 0.6 is 11.8 Å². The molecule has 1 amide bonds. The number of carbonyl (C=O) groups excluding carboxylic acids is 2. The topological polar surface area (TPSA) is 76.9 Å². The molecule has 2 aromatic rings. The first-order valence-corrected chi connectivity index (χ1v) is 9.35. The summed E-state index contributed by atoms with van der Waals surface area (Å²) < 4.78 is 0.847. The fourth-order valence-electron chi connectivity index (χ4n) is 2.86. The second kappa shape index (κ2) is 6.92. The molecule has 1 N–H and O–H groups in total. The molecule has 0 bridgehead atoms. The van der Waals surface area contributed by atoms with Gasteiger partial charge in [0, 0.05) is 11.3 Å². The van der Waals surface area contributed by atoms with Crippen LogP contribution < -0.4 is 5.32 Å². The highest BCUT2D eigenvalue weighted by Crippen LogP contribution is 2.51. The van der Waals surface area contributed by atoms with E-state index in [0.29, 0.717) is 17.4 Å². The Morgan fingerprint density at radius 1 is 1.23 bits per heavy atom. The van der Waals surface area contributed by atoms with Crippen molar-refractivity contribution in [1.29, 1.82) is 0 Å². The Bertz CT molecular complexity index is 898. The summed E-state index contributed by atoms with van der Waals surface area (Å²) in [6.07, 6.45) is 9.97. The second-order valence-corrected chi connectivity index (χ2v) is 7.71. The lowest BCUT2D eigenvalue weighted by Crippen LogP contribution is -2.34. The zero-order chi connectivity index (χ0) is 18.0. The smallest absolute Gasteiger partial charge is 0.240 e. The maximum atomic E-state index is 12.7. The van der Waals surface area contributed by atoms with E-state index in [1.54, 1.807) is 0 Å². The van der Waals surface area contributed by atoms with Crippen LogP contribution in [0.5, 0.6) is 0 Å². The summed E-state index contributed by atoms with van der Waals surface area (Å²) in [6.45, 7) is 0. The fourth-order valence-corrected chi connectivity index (χ4v) is 3.96. The van der Waals surface area contributed by atoms with E-state index in [9.17, 15) is 9.59 Å². The minimum absolute atomic E-state index is 0.0224. The number of hydrogen-bond acceptors (Lipinski definition) is 5. The highest BCUT2D eigenvalue weighted by atomic mass is 32.2. The summed E-state index contributed by atoms with van der Waals surface area (Å²) in [6, 6.07) is 9.42. The van der Waals surface area contributed by atoms with Crippen molar-refractivity contribution in [2.45, 2.75) is 35.6 Å². The minimum Gasteiger partial charge on any atom is -0.329 e. The summed E-state index contributed by atoms with van der Waals surface area (Å²) in [5.74, 6) is 0.463. The first-order valence-electron chi connectivity index (χ1n) is 8.54. The highest BCUT2D eigenvalue weighted by molar-refractivity contribution is 8.01. The van der Waals surface area contributed by atoms with Crippen LogP contribution in [-0.4, -0.2) is 31.8 Å². The molecule has 26 heavy (non-hydrogen) atoms. The average molecular weight is 366 g/mol. The van der Waals surface area contributed by atoms with Crippen molar-refractivity contribution < 1.29 is 9.59 Å². The van der Waals surface area contributed by atoms with Crippen LogP contribution in [0.4, 0.5) is 0 Å². The minimum atomic E-state index is -0.566. The van der Waals surface area contributed by atoms with Gasteiger partial charge in [-0.3, -0.25) is 9.59 Å². The molecule has 0 spiro atoms. The number of carbonyl (C=O) groups is 2. The van der Waals surface area contributed by atoms with E-state index in [2.05, 4.69) is 21.6 Å². The van der Waals surface area contributed by atoms with Gasteiger partial charge >= 0.3 is 0 Å². The normalized spacial score (nSPS) is 17.5. The summed E-state index contributed by atoms with van der Waals surface area (Å²) in [7, 11) is 0. The molecule has 132 valence electrons. The maximum absolute atomic E-state index is 12.7. The Hall–Kier alpha value is -2.67. The molecule has 4 rings (SSSR count). The van der Waals surface area contributed by atoms with E-state index in [1.807, 2.05) is 42.5 Å². The average Bonchev–Trinajstić information content (AvgIpc) is 3.36. The van der Waals surface area contributed by atoms with Crippen molar-refractivity contribution in [3.8, 4) is 11.4 Å². The van der Waals surface area contributed by atoms with Gasteiger partial charge in [0.15, 0.2) is 11.0 Å². The zero-order valence-electron chi connectivity index (χ0n) is 14.1. The van der Waals surface area contributed by atoms with Crippen LogP contribution in [0, 0.1) is 0 Å². The van der Waals surface area contributed by atoms with E-state index >= 15 is 0 Å². The number of allylic oxidation sites excluding steroid dienone is 4. The Labute approximate surface area is 155 Å². The molecule has 1 saturated carbocycles. The van der Waals surface area contributed by atoms with Gasteiger partial charge in [-0.25, -0.2) is 4.57 Å². The molecule has 2 aliphatic rings. The lowest BCUT2D eigenvalue weighted by atomic mass is 10.1. The van der Waals surface area contributed by atoms with Crippen molar-refractivity contribution in [3.63, 3.8) is 0 Å². The molecule has 6 nitrogen and oxygen atoms in total. The van der Waals surface area contributed by atoms with Gasteiger partial charge in [-0.1, -0.05) is 54.2 Å². The van der Waals surface area contributed by atoms with E-state index in [-0.39, 0.29) is 5.91 Å². The van der Waals surface area contributed by atoms with Gasteiger partial charge in [0.05, 0.1) is 0 Å². The molecule has 0 aliphatic heterocycles.